The van der Waals surface area contributed by atoms with Crippen LogP contribution in [0.15, 0.2) is 48.5 Å². The van der Waals surface area contributed by atoms with E-state index in [2.05, 4.69) is 15.4 Å². The Morgan fingerprint density at radius 2 is 1.90 bits per heavy atom. The molecule has 0 aliphatic heterocycles. The fourth-order valence-electron chi connectivity index (χ4n) is 2.80. The van der Waals surface area contributed by atoms with Crippen LogP contribution in [0.25, 0.3) is 17.1 Å². The average Bonchev–Trinajstić information content (AvgIpc) is 3.16. The number of aromatic nitrogens is 3. The molecular formula is C22H25ClN4O3. The van der Waals surface area contributed by atoms with Crippen molar-refractivity contribution in [3.63, 3.8) is 0 Å². The largest absolute Gasteiger partial charge is 0.460 e. The Morgan fingerprint density at radius 1 is 1.17 bits per heavy atom. The maximum Gasteiger partial charge on any atom is 0.336 e. The molecule has 30 heavy (non-hydrogen) atoms. The second-order valence-electron chi connectivity index (χ2n) is 6.64. The SMILES string of the molecule is CCOCCOc1nc(-c2ccccc2C)n(-c2ccc(NC(=O)C(C)Cl)cc2)n1. The summed E-state index contributed by atoms with van der Waals surface area (Å²) in [6.07, 6.45) is 0. The van der Waals surface area contributed by atoms with Gasteiger partial charge in [0.15, 0.2) is 5.82 Å². The first-order valence-electron chi connectivity index (χ1n) is 9.78. The third kappa shape index (κ3) is 5.37. The lowest BCUT2D eigenvalue weighted by molar-refractivity contribution is -0.115. The molecule has 0 aliphatic carbocycles. The summed E-state index contributed by atoms with van der Waals surface area (Å²) in [5.41, 5.74) is 3.48. The van der Waals surface area contributed by atoms with Crippen LogP contribution in [0.3, 0.4) is 0 Å². The minimum absolute atomic E-state index is 0.254. The first kappa shape index (κ1) is 21.8. The van der Waals surface area contributed by atoms with Crippen LogP contribution < -0.4 is 10.1 Å². The topological polar surface area (TPSA) is 78.3 Å². The highest BCUT2D eigenvalue weighted by Gasteiger charge is 2.16. The van der Waals surface area contributed by atoms with Gasteiger partial charge < -0.3 is 14.8 Å². The molecule has 1 atom stereocenters. The van der Waals surface area contributed by atoms with E-state index in [-0.39, 0.29) is 11.9 Å². The molecule has 3 rings (SSSR count). The summed E-state index contributed by atoms with van der Waals surface area (Å²) in [4.78, 5) is 16.4. The first-order chi connectivity index (χ1) is 14.5. The molecule has 0 bridgehead atoms. The quantitative estimate of drug-likeness (QED) is 0.407. The minimum atomic E-state index is -0.607. The molecule has 1 unspecified atom stereocenters. The standard InChI is InChI=1S/C22H25ClN4O3/c1-4-29-13-14-30-22-25-20(19-8-6-5-7-15(19)2)27(26-22)18-11-9-17(10-12-18)24-21(28)16(3)23/h5-12,16H,4,13-14H2,1-3H3,(H,24,28). The number of anilines is 1. The lowest BCUT2D eigenvalue weighted by atomic mass is 10.1. The number of aryl methyl sites for hydroxylation is 1. The van der Waals surface area contributed by atoms with Gasteiger partial charge in [-0.1, -0.05) is 24.3 Å². The average molecular weight is 429 g/mol. The summed E-state index contributed by atoms with van der Waals surface area (Å²) < 4.78 is 12.7. The Labute approximate surface area is 181 Å². The van der Waals surface area contributed by atoms with Gasteiger partial charge in [0, 0.05) is 17.9 Å². The number of alkyl halides is 1. The van der Waals surface area contributed by atoms with Crippen LogP contribution >= 0.6 is 11.6 Å². The summed E-state index contributed by atoms with van der Waals surface area (Å²) in [6.45, 7) is 7.05. The van der Waals surface area contributed by atoms with Crippen molar-refractivity contribution in [3.8, 4) is 23.1 Å². The molecular weight excluding hydrogens is 404 g/mol. The molecule has 0 saturated carbocycles. The van der Waals surface area contributed by atoms with Crippen molar-refractivity contribution in [3.05, 3.63) is 54.1 Å². The molecule has 158 valence electrons. The molecule has 0 fully saturated rings. The number of benzene rings is 2. The number of hydrogen-bond acceptors (Lipinski definition) is 5. The van der Waals surface area contributed by atoms with E-state index < -0.39 is 5.38 Å². The lowest BCUT2D eigenvalue weighted by Crippen LogP contribution is -2.20. The van der Waals surface area contributed by atoms with Gasteiger partial charge in [0.05, 0.1) is 12.3 Å². The Kier molecular flexibility index (Phi) is 7.43. The van der Waals surface area contributed by atoms with Gasteiger partial charge in [-0.15, -0.1) is 16.7 Å². The van der Waals surface area contributed by atoms with E-state index in [1.54, 1.807) is 23.7 Å². The molecule has 7 nitrogen and oxygen atoms in total. The van der Waals surface area contributed by atoms with Gasteiger partial charge in [0.1, 0.15) is 12.0 Å². The van der Waals surface area contributed by atoms with Crippen molar-refractivity contribution < 1.29 is 14.3 Å². The molecule has 0 radical (unpaired) electrons. The highest BCUT2D eigenvalue weighted by Crippen LogP contribution is 2.26. The van der Waals surface area contributed by atoms with Crippen LogP contribution in [0, 0.1) is 6.92 Å². The van der Waals surface area contributed by atoms with E-state index in [1.165, 1.54) is 0 Å². The zero-order valence-electron chi connectivity index (χ0n) is 17.3. The maximum absolute atomic E-state index is 11.8. The number of ether oxygens (including phenoxy) is 2. The monoisotopic (exact) mass is 428 g/mol. The van der Waals surface area contributed by atoms with Crippen molar-refractivity contribution >= 4 is 23.2 Å². The number of amides is 1. The van der Waals surface area contributed by atoms with Gasteiger partial charge in [-0.05, 0) is 50.6 Å². The number of carbonyl (C=O) groups excluding carboxylic acids is 1. The molecule has 3 aromatic rings. The summed E-state index contributed by atoms with van der Waals surface area (Å²) in [5, 5.41) is 6.69. The van der Waals surface area contributed by atoms with Gasteiger partial charge in [0.2, 0.25) is 5.91 Å². The lowest BCUT2D eigenvalue weighted by Gasteiger charge is -2.10. The molecule has 1 amide bonds. The predicted octanol–water partition coefficient (Wildman–Crippen LogP) is 4.22. The van der Waals surface area contributed by atoms with E-state index in [0.29, 0.717) is 31.3 Å². The number of nitrogens with zero attached hydrogens (tertiary/aromatic N) is 3. The zero-order chi connectivity index (χ0) is 21.5. The van der Waals surface area contributed by atoms with Gasteiger partial charge in [-0.2, -0.15) is 4.98 Å². The van der Waals surface area contributed by atoms with Gasteiger partial charge in [-0.3, -0.25) is 4.79 Å². The molecule has 1 N–H and O–H groups in total. The first-order valence-corrected chi connectivity index (χ1v) is 10.2. The van der Waals surface area contributed by atoms with Crippen LogP contribution in [0.2, 0.25) is 0 Å². The van der Waals surface area contributed by atoms with Crippen molar-refractivity contribution in [2.45, 2.75) is 26.1 Å². The van der Waals surface area contributed by atoms with Crippen molar-refractivity contribution in [1.29, 1.82) is 0 Å². The van der Waals surface area contributed by atoms with E-state index in [1.807, 2.05) is 50.2 Å². The van der Waals surface area contributed by atoms with Gasteiger partial charge >= 0.3 is 6.01 Å². The van der Waals surface area contributed by atoms with E-state index in [9.17, 15) is 4.79 Å². The van der Waals surface area contributed by atoms with Crippen LogP contribution in [0.4, 0.5) is 5.69 Å². The number of halogens is 1. The molecule has 1 aromatic heterocycles. The van der Waals surface area contributed by atoms with Crippen LogP contribution in [-0.2, 0) is 9.53 Å². The fourth-order valence-corrected chi connectivity index (χ4v) is 2.85. The van der Waals surface area contributed by atoms with Crippen LogP contribution in [-0.4, -0.2) is 45.9 Å². The van der Waals surface area contributed by atoms with Gasteiger partial charge in [-0.25, -0.2) is 4.68 Å². The van der Waals surface area contributed by atoms with E-state index >= 15 is 0 Å². The van der Waals surface area contributed by atoms with Gasteiger partial charge in [0.25, 0.3) is 0 Å². The third-order valence-corrected chi connectivity index (χ3v) is 4.58. The van der Waals surface area contributed by atoms with E-state index in [0.717, 1.165) is 16.8 Å². The molecule has 0 saturated heterocycles. The Morgan fingerprint density at radius 3 is 2.57 bits per heavy atom. The number of carbonyl (C=O) groups is 1. The van der Waals surface area contributed by atoms with Crippen molar-refractivity contribution in [1.82, 2.24) is 14.8 Å². The van der Waals surface area contributed by atoms with Crippen LogP contribution in [0.5, 0.6) is 6.01 Å². The second-order valence-corrected chi connectivity index (χ2v) is 7.30. The summed E-state index contributed by atoms with van der Waals surface area (Å²) in [6, 6.07) is 15.5. The zero-order valence-corrected chi connectivity index (χ0v) is 18.0. The summed E-state index contributed by atoms with van der Waals surface area (Å²) in [5.74, 6) is 0.418. The minimum Gasteiger partial charge on any atom is -0.460 e. The van der Waals surface area contributed by atoms with E-state index in [4.69, 9.17) is 21.1 Å². The number of nitrogens with one attached hydrogen (secondary N) is 1. The normalized spacial score (nSPS) is 11.9. The Bertz CT molecular complexity index is 986. The number of hydrogen-bond donors (Lipinski definition) is 1. The third-order valence-electron chi connectivity index (χ3n) is 4.38. The molecule has 1 heterocycles. The Balaban J connectivity index is 1.91. The highest BCUT2D eigenvalue weighted by atomic mass is 35.5. The predicted molar refractivity (Wildman–Crippen MR) is 117 cm³/mol. The maximum atomic E-state index is 11.8. The molecule has 2 aromatic carbocycles. The summed E-state index contributed by atoms with van der Waals surface area (Å²) >= 11 is 5.82. The molecule has 8 heteroatoms. The Hall–Kier alpha value is -2.90. The van der Waals surface area contributed by atoms with Crippen molar-refractivity contribution in [2.24, 2.45) is 0 Å². The van der Waals surface area contributed by atoms with Crippen molar-refractivity contribution in [2.75, 3.05) is 25.1 Å². The number of rotatable bonds is 9. The summed E-state index contributed by atoms with van der Waals surface area (Å²) in [7, 11) is 0. The molecule has 0 aliphatic rings. The van der Waals surface area contributed by atoms with Crippen LogP contribution in [0.1, 0.15) is 19.4 Å². The second kappa shape index (κ2) is 10.2. The smallest absolute Gasteiger partial charge is 0.336 e. The fraction of sp³-hybridized carbons (Fsp3) is 0.318. The molecule has 0 spiro atoms. The highest BCUT2D eigenvalue weighted by molar-refractivity contribution is 6.32.